The first-order valence-electron chi connectivity index (χ1n) is 12.4. The number of ketones is 1. The lowest BCUT2D eigenvalue weighted by Gasteiger charge is -2.11. The number of carbonyl (C=O) groups excluding carboxylic acids is 1. The normalized spacial score (nSPS) is 10.8. The van der Waals surface area contributed by atoms with Crippen LogP contribution in [-0.2, 0) is 6.42 Å². The maximum atomic E-state index is 13.8. The van der Waals surface area contributed by atoms with Gasteiger partial charge in [0.1, 0.15) is 0 Å². The van der Waals surface area contributed by atoms with Gasteiger partial charge in [-0.1, -0.05) is 24.3 Å². The van der Waals surface area contributed by atoms with Crippen molar-refractivity contribution in [3.63, 3.8) is 0 Å². The average Bonchev–Trinajstić information content (AvgIpc) is 3.02. The van der Waals surface area contributed by atoms with Crippen LogP contribution < -0.4 is 0 Å². The third-order valence-corrected chi connectivity index (χ3v) is 6.11. The van der Waals surface area contributed by atoms with E-state index in [0.717, 1.165) is 17.0 Å². The highest BCUT2D eigenvalue weighted by Gasteiger charge is 2.16. The molecule has 6 rings (SSSR count). The van der Waals surface area contributed by atoms with Crippen LogP contribution in [0.3, 0.4) is 0 Å². The van der Waals surface area contributed by atoms with E-state index in [1.165, 1.54) is 0 Å². The Morgan fingerprint density at radius 3 is 1.15 bits per heavy atom. The summed E-state index contributed by atoms with van der Waals surface area (Å²) in [6.45, 7) is 0. The van der Waals surface area contributed by atoms with E-state index in [4.69, 9.17) is 9.97 Å². The van der Waals surface area contributed by atoms with E-state index in [2.05, 4.69) is 19.9 Å². The molecule has 0 bridgehead atoms. The molecule has 0 radical (unpaired) electrons. The number of hydrogen-bond donors (Lipinski definition) is 0. The van der Waals surface area contributed by atoms with Gasteiger partial charge in [0.25, 0.3) is 0 Å². The second-order valence-corrected chi connectivity index (χ2v) is 8.83. The largest absolute Gasteiger partial charge is 0.294 e. The molecule has 0 amide bonds. The minimum atomic E-state index is -0.0584. The Balaban J connectivity index is 1.41. The van der Waals surface area contributed by atoms with Crippen LogP contribution in [0.1, 0.15) is 15.9 Å². The molecule has 186 valence electrons. The molecule has 0 atom stereocenters. The quantitative estimate of drug-likeness (QED) is 0.240. The molecule has 6 aromatic heterocycles. The van der Waals surface area contributed by atoms with Crippen molar-refractivity contribution in [2.75, 3.05) is 0 Å². The van der Waals surface area contributed by atoms with Gasteiger partial charge in [-0.25, -0.2) is 9.97 Å². The summed E-state index contributed by atoms with van der Waals surface area (Å²) >= 11 is 0. The van der Waals surface area contributed by atoms with Crippen molar-refractivity contribution < 1.29 is 4.79 Å². The van der Waals surface area contributed by atoms with Gasteiger partial charge in [0.15, 0.2) is 5.78 Å². The monoisotopic (exact) mass is 506 g/mol. The van der Waals surface area contributed by atoms with Crippen LogP contribution in [-0.4, -0.2) is 35.7 Å². The van der Waals surface area contributed by atoms with Crippen molar-refractivity contribution in [2.24, 2.45) is 0 Å². The summed E-state index contributed by atoms with van der Waals surface area (Å²) in [5.41, 5.74) is 6.74. The Hall–Kier alpha value is -5.43. The third kappa shape index (κ3) is 5.47. The number of aromatic nitrogens is 6. The highest BCUT2D eigenvalue weighted by atomic mass is 16.1. The van der Waals surface area contributed by atoms with Crippen LogP contribution in [0.2, 0.25) is 0 Å². The maximum Gasteiger partial charge on any atom is 0.167 e. The van der Waals surface area contributed by atoms with E-state index in [1.807, 2.05) is 84.9 Å². The summed E-state index contributed by atoms with van der Waals surface area (Å²) in [5.74, 6) is -0.0584. The molecule has 7 nitrogen and oxygen atoms in total. The SMILES string of the molecule is O=C(Cc1cc(-c2ccccn2)nc(-c2ccccn2)c1)c1cc(-c2ccccn2)nc(-c2ccccn2)c1. The molecule has 39 heavy (non-hydrogen) atoms. The van der Waals surface area contributed by atoms with E-state index in [-0.39, 0.29) is 12.2 Å². The molecule has 0 aliphatic carbocycles. The fourth-order valence-corrected chi connectivity index (χ4v) is 4.25. The lowest BCUT2D eigenvalue weighted by molar-refractivity contribution is 0.0993. The minimum Gasteiger partial charge on any atom is -0.294 e. The van der Waals surface area contributed by atoms with Gasteiger partial charge in [-0.15, -0.1) is 0 Å². The van der Waals surface area contributed by atoms with Crippen LogP contribution in [0.5, 0.6) is 0 Å². The first-order chi connectivity index (χ1) is 19.2. The van der Waals surface area contributed by atoms with Gasteiger partial charge in [-0.2, -0.15) is 0 Å². The van der Waals surface area contributed by atoms with Crippen molar-refractivity contribution in [3.05, 3.63) is 133 Å². The van der Waals surface area contributed by atoms with Gasteiger partial charge in [-0.05, 0) is 78.4 Å². The summed E-state index contributed by atoms with van der Waals surface area (Å²) in [4.78, 5) is 41.1. The second kappa shape index (κ2) is 10.9. The molecule has 0 fully saturated rings. The van der Waals surface area contributed by atoms with E-state index in [1.54, 1.807) is 36.9 Å². The highest BCUT2D eigenvalue weighted by molar-refractivity contribution is 5.99. The summed E-state index contributed by atoms with van der Waals surface area (Å²) in [6, 6.07) is 30.0. The molecule has 0 spiro atoms. The second-order valence-electron chi connectivity index (χ2n) is 8.83. The van der Waals surface area contributed by atoms with Crippen molar-refractivity contribution in [1.82, 2.24) is 29.9 Å². The zero-order valence-electron chi connectivity index (χ0n) is 20.8. The zero-order chi connectivity index (χ0) is 26.4. The van der Waals surface area contributed by atoms with Crippen molar-refractivity contribution in [2.45, 2.75) is 6.42 Å². The Morgan fingerprint density at radius 1 is 0.462 bits per heavy atom. The summed E-state index contributed by atoms with van der Waals surface area (Å²) in [6.07, 6.45) is 7.03. The number of pyridine rings is 6. The Bertz CT molecular complexity index is 1610. The topological polar surface area (TPSA) is 94.4 Å². The van der Waals surface area contributed by atoms with Crippen LogP contribution in [0.25, 0.3) is 45.6 Å². The number of Topliss-reactive ketones (excluding diaryl/α,β-unsaturated/α-hetero) is 1. The first kappa shape index (κ1) is 23.9. The number of rotatable bonds is 7. The Kier molecular flexibility index (Phi) is 6.69. The van der Waals surface area contributed by atoms with E-state index < -0.39 is 0 Å². The summed E-state index contributed by atoms with van der Waals surface area (Å²) in [7, 11) is 0. The predicted octanol–water partition coefficient (Wildman–Crippen LogP) is 6.15. The molecule has 6 heterocycles. The molecular formula is C32H22N6O. The lowest BCUT2D eigenvalue weighted by atomic mass is 9.99. The minimum absolute atomic E-state index is 0.0584. The van der Waals surface area contributed by atoms with Crippen LogP contribution in [0.4, 0.5) is 0 Å². The Labute approximate surface area is 225 Å². The van der Waals surface area contributed by atoms with E-state index in [9.17, 15) is 4.79 Å². The fraction of sp³-hybridized carbons (Fsp3) is 0.0312. The van der Waals surface area contributed by atoms with Crippen molar-refractivity contribution in [3.8, 4) is 45.6 Å². The van der Waals surface area contributed by atoms with Gasteiger partial charge < -0.3 is 0 Å². The molecule has 0 aliphatic heterocycles. The van der Waals surface area contributed by atoms with E-state index in [0.29, 0.717) is 39.7 Å². The van der Waals surface area contributed by atoms with Crippen molar-refractivity contribution >= 4 is 5.78 Å². The van der Waals surface area contributed by atoms with Gasteiger partial charge in [0, 0.05) is 36.8 Å². The molecule has 0 N–H and O–H groups in total. The highest BCUT2D eigenvalue weighted by Crippen LogP contribution is 2.26. The molecule has 0 aromatic carbocycles. The van der Waals surface area contributed by atoms with E-state index >= 15 is 0 Å². The number of nitrogens with zero attached hydrogens (tertiary/aromatic N) is 6. The molecular weight excluding hydrogens is 484 g/mol. The Morgan fingerprint density at radius 2 is 0.821 bits per heavy atom. The molecule has 0 aliphatic rings. The molecule has 6 aromatic rings. The smallest absolute Gasteiger partial charge is 0.167 e. The standard InChI is InChI=1S/C32H22N6O/c39-32(23-20-30(26-11-3-7-15-35-26)38-31(21-23)27-12-4-8-16-36-27)19-22-17-28(24-9-1-5-13-33-24)37-29(18-22)25-10-2-6-14-34-25/h1-18,20-21H,19H2. The van der Waals surface area contributed by atoms with Crippen LogP contribution in [0, 0.1) is 0 Å². The molecule has 0 saturated carbocycles. The molecule has 7 heteroatoms. The average molecular weight is 507 g/mol. The summed E-state index contributed by atoms with van der Waals surface area (Å²) < 4.78 is 0. The van der Waals surface area contributed by atoms with Gasteiger partial charge >= 0.3 is 0 Å². The maximum absolute atomic E-state index is 13.8. The van der Waals surface area contributed by atoms with Crippen LogP contribution >= 0.6 is 0 Å². The fourth-order valence-electron chi connectivity index (χ4n) is 4.25. The lowest BCUT2D eigenvalue weighted by Crippen LogP contribution is -2.07. The third-order valence-electron chi connectivity index (χ3n) is 6.11. The van der Waals surface area contributed by atoms with Gasteiger partial charge in [0.05, 0.1) is 45.6 Å². The number of hydrogen-bond acceptors (Lipinski definition) is 7. The van der Waals surface area contributed by atoms with Gasteiger partial charge in [0.2, 0.25) is 0 Å². The number of carbonyl (C=O) groups is 1. The summed E-state index contributed by atoms with van der Waals surface area (Å²) in [5, 5.41) is 0. The zero-order valence-corrected chi connectivity index (χ0v) is 20.8. The van der Waals surface area contributed by atoms with Crippen LogP contribution in [0.15, 0.2) is 122 Å². The first-order valence-corrected chi connectivity index (χ1v) is 12.4. The molecule has 0 saturated heterocycles. The molecule has 0 unspecified atom stereocenters. The van der Waals surface area contributed by atoms with Gasteiger partial charge in [-0.3, -0.25) is 24.7 Å². The van der Waals surface area contributed by atoms with Crippen molar-refractivity contribution in [1.29, 1.82) is 0 Å². The predicted molar refractivity (Wildman–Crippen MR) is 149 cm³/mol.